The molecular weight excluding hydrogens is 433 g/mol. The van der Waals surface area contributed by atoms with Gasteiger partial charge < -0.3 is 15.2 Å². The number of carbonyl (C=O) groups excluding carboxylic acids is 2. The fraction of sp³-hybridized carbons (Fsp3) is 0.333. The van der Waals surface area contributed by atoms with Crippen molar-refractivity contribution in [1.82, 2.24) is 20.4 Å². The highest BCUT2D eigenvalue weighted by atomic mass is 19.1. The van der Waals surface area contributed by atoms with E-state index >= 15 is 0 Å². The first-order valence-electron chi connectivity index (χ1n) is 10.3. The molecule has 12 heteroatoms. The average molecular weight is 459 g/mol. The van der Waals surface area contributed by atoms with Gasteiger partial charge in [0.15, 0.2) is 5.84 Å². The van der Waals surface area contributed by atoms with E-state index in [1.54, 1.807) is 19.9 Å². The van der Waals surface area contributed by atoms with Gasteiger partial charge in [-0.25, -0.2) is 14.2 Å². The highest BCUT2D eigenvalue weighted by Gasteiger charge is 2.27. The quantitative estimate of drug-likeness (QED) is 0.180. The molecule has 0 fully saturated rings. The zero-order valence-electron chi connectivity index (χ0n) is 18.3. The maximum Gasteiger partial charge on any atom is 0.410 e. The highest BCUT2D eigenvalue weighted by Crippen LogP contribution is 2.27. The van der Waals surface area contributed by atoms with Crippen LogP contribution in [0.25, 0.3) is 0 Å². The molecule has 0 saturated carbocycles. The number of amidine groups is 1. The van der Waals surface area contributed by atoms with Crippen LogP contribution in [0.4, 0.5) is 15.0 Å². The molecule has 1 aliphatic heterocycles. The number of aliphatic hydroxyl groups excluding tert-OH is 1. The van der Waals surface area contributed by atoms with Gasteiger partial charge in [-0.2, -0.15) is 5.53 Å². The number of hydrogen-bond donors (Lipinski definition) is 5. The van der Waals surface area contributed by atoms with E-state index in [-0.39, 0.29) is 49.2 Å². The van der Waals surface area contributed by atoms with Crippen molar-refractivity contribution in [1.29, 1.82) is 5.41 Å². The Morgan fingerprint density at radius 3 is 2.70 bits per heavy atom. The second-order valence-electron chi connectivity index (χ2n) is 7.40. The molecule has 3 rings (SSSR count). The number of fused-ring (bicyclic) bond motifs is 1. The Kier molecular flexibility index (Phi) is 7.53. The van der Waals surface area contributed by atoms with Gasteiger partial charge in [0.1, 0.15) is 17.3 Å². The molecule has 2 aromatic rings. The SMILES string of the molecule is CCOC(=O)N1Cc2cc(F)c(C(=O)Nc3cccc(C(=N)N(NN)C(C)CO)n3)cc2C1. The van der Waals surface area contributed by atoms with Crippen molar-refractivity contribution < 1.29 is 23.8 Å². The Hall–Kier alpha value is -3.61. The molecule has 6 N–H and O–H groups in total. The number of rotatable bonds is 7. The largest absolute Gasteiger partial charge is 0.450 e. The number of anilines is 1. The molecule has 11 nitrogen and oxygen atoms in total. The summed E-state index contributed by atoms with van der Waals surface area (Å²) in [7, 11) is 0. The zero-order chi connectivity index (χ0) is 24.1. The summed E-state index contributed by atoms with van der Waals surface area (Å²) in [4.78, 5) is 30.3. The predicted molar refractivity (Wildman–Crippen MR) is 117 cm³/mol. The van der Waals surface area contributed by atoms with Crippen LogP contribution in [0.5, 0.6) is 0 Å². The molecule has 33 heavy (non-hydrogen) atoms. The molecule has 1 aromatic heterocycles. The normalized spacial score (nSPS) is 13.3. The Morgan fingerprint density at radius 1 is 1.36 bits per heavy atom. The number of benzene rings is 1. The molecule has 176 valence electrons. The third-order valence-electron chi connectivity index (χ3n) is 5.10. The van der Waals surface area contributed by atoms with E-state index in [1.165, 1.54) is 34.2 Å². The maximum absolute atomic E-state index is 14.7. The Balaban J connectivity index is 1.77. The number of aliphatic hydroxyl groups is 1. The molecule has 1 unspecified atom stereocenters. The van der Waals surface area contributed by atoms with Crippen molar-refractivity contribution in [3.05, 3.63) is 58.5 Å². The van der Waals surface area contributed by atoms with E-state index in [9.17, 15) is 19.1 Å². The molecule has 2 heterocycles. The van der Waals surface area contributed by atoms with Crippen molar-refractivity contribution in [3.8, 4) is 0 Å². The van der Waals surface area contributed by atoms with Gasteiger partial charge in [0.2, 0.25) is 0 Å². The molecule has 1 aliphatic rings. The first-order chi connectivity index (χ1) is 15.8. The number of nitrogens with two attached hydrogens (primary N) is 1. The lowest BCUT2D eigenvalue weighted by atomic mass is 10.1. The fourth-order valence-corrected chi connectivity index (χ4v) is 3.38. The Bertz CT molecular complexity index is 1060. The number of aromatic nitrogens is 1. The van der Waals surface area contributed by atoms with Gasteiger partial charge in [-0.05, 0) is 49.2 Å². The topological polar surface area (TPSA) is 157 Å². The third-order valence-corrected chi connectivity index (χ3v) is 5.10. The minimum absolute atomic E-state index is 0.101. The van der Waals surface area contributed by atoms with Crippen molar-refractivity contribution in [2.75, 3.05) is 18.5 Å². The van der Waals surface area contributed by atoms with E-state index < -0.39 is 23.9 Å². The standard InChI is InChI=1S/C21H26FN7O4/c1-3-33-21(32)28-9-13-7-15(16(22)8-14(13)10-28)20(31)26-18-6-4-5-17(25-18)19(23)29(27-24)12(2)11-30/h4-8,12,23,27,30H,3,9-11,24H2,1-2H3,(H,25,26,31). The zero-order valence-corrected chi connectivity index (χ0v) is 18.3. The van der Waals surface area contributed by atoms with Crippen molar-refractivity contribution in [2.45, 2.75) is 33.0 Å². The lowest BCUT2D eigenvalue weighted by Gasteiger charge is -2.28. The van der Waals surface area contributed by atoms with E-state index in [1.807, 2.05) is 0 Å². The number of halogens is 1. The van der Waals surface area contributed by atoms with Crippen LogP contribution < -0.4 is 16.7 Å². The van der Waals surface area contributed by atoms with E-state index in [0.29, 0.717) is 11.1 Å². The number of carbonyl (C=O) groups is 2. The van der Waals surface area contributed by atoms with E-state index in [0.717, 1.165) is 0 Å². The lowest BCUT2D eigenvalue weighted by molar-refractivity contribution is 0.102. The summed E-state index contributed by atoms with van der Waals surface area (Å²) in [5, 5.41) is 21.3. The van der Waals surface area contributed by atoms with Crippen LogP contribution in [0, 0.1) is 11.2 Å². The van der Waals surface area contributed by atoms with Crippen LogP contribution in [0.1, 0.15) is 41.0 Å². The van der Waals surface area contributed by atoms with Crippen LogP contribution in [-0.4, -0.2) is 57.1 Å². The second-order valence-corrected chi connectivity index (χ2v) is 7.40. The predicted octanol–water partition coefficient (Wildman–Crippen LogP) is 1.33. The minimum atomic E-state index is -0.726. The molecule has 0 saturated heterocycles. The molecule has 1 aromatic carbocycles. The molecule has 0 radical (unpaired) electrons. The van der Waals surface area contributed by atoms with Gasteiger partial charge in [-0.15, -0.1) is 0 Å². The first-order valence-corrected chi connectivity index (χ1v) is 10.3. The molecule has 0 spiro atoms. The summed E-state index contributed by atoms with van der Waals surface area (Å²) < 4.78 is 19.6. The summed E-state index contributed by atoms with van der Waals surface area (Å²) in [6, 6.07) is 6.75. The van der Waals surface area contributed by atoms with Gasteiger partial charge >= 0.3 is 6.09 Å². The molecule has 1 atom stereocenters. The van der Waals surface area contributed by atoms with Crippen LogP contribution in [0.3, 0.4) is 0 Å². The number of hydrogen-bond acceptors (Lipinski definition) is 8. The number of amides is 2. The summed E-state index contributed by atoms with van der Waals surface area (Å²) in [5.41, 5.74) is 3.56. The van der Waals surface area contributed by atoms with Crippen molar-refractivity contribution in [2.24, 2.45) is 5.84 Å². The summed E-state index contributed by atoms with van der Waals surface area (Å²) in [6.45, 7) is 3.75. The maximum atomic E-state index is 14.7. The monoisotopic (exact) mass is 459 g/mol. The Labute approximate surface area is 189 Å². The lowest BCUT2D eigenvalue weighted by Crippen LogP contribution is -2.53. The van der Waals surface area contributed by atoms with Crippen LogP contribution >= 0.6 is 0 Å². The summed E-state index contributed by atoms with van der Waals surface area (Å²) in [5.74, 6) is 3.97. The van der Waals surface area contributed by atoms with E-state index in [4.69, 9.17) is 16.0 Å². The third kappa shape index (κ3) is 5.25. The summed E-state index contributed by atoms with van der Waals surface area (Å²) >= 11 is 0. The summed E-state index contributed by atoms with van der Waals surface area (Å²) in [6.07, 6.45) is -0.500. The smallest absolute Gasteiger partial charge is 0.410 e. The molecule has 0 bridgehead atoms. The van der Waals surface area contributed by atoms with Gasteiger partial charge in [0.05, 0.1) is 24.8 Å². The highest BCUT2D eigenvalue weighted by molar-refractivity contribution is 6.04. The van der Waals surface area contributed by atoms with Crippen LogP contribution in [-0.2, 0) is 17.8 Å². The average Bonchev–Trinajstić information content (AvgIpc) is 3.22. The second kappa shape index (κ2) is 10.3. The van der Waals surface area contributed by atoms with Gasteiger partial charge in [-0.1, -0.05) is 6.07 Å². The number of nitrogens with zero attached hydrogens (tertiary/aromatic N) is 3. The van der Waals surface area contributed by atoms with Gasteiger partial charge in [0.25, 0.3) is 5.91 Å². The molecule has 2 amide bonds. The first kappa shape index (κ1) is 24.0. The Morgan fingerprint density at radius 2 is 2.06 bits per heavy atom. The number of hydrazine groups is 2. The fourth-order valence-electron chi connectivity index (χ4n) is 3.38. The minimum Gasteiger partial charge on any atom is -0.450 e. The van der Waals surface area contributed by atoms with Crippen LogP contribution in [0.2, 0.25) is 0 Å². The molecule has 0 aliphatic carbocycles. The van der Waals surface area contributed by atoms with Gasteiger partial charge in [-0.3, -0.25) is 26.0 Å². The van der Waals surface area contributed by atoms with Gasteiger partial charge in [0, 0.05) is 13.1 Å². The van der Waals surface area contributed by atoms with Crippen LogP contribution in [0.15, 0.2) is 30.3 Å². The number of nitrogens with one attached hydrogen (secondary N) is 3. The number of pyridine rings is 1. The van der Waals surface area contributed by atoms with Crippen molar-refractivity contribution in [3.63, 3.8) is 0 Å². The van der Waals surface area contributed by atoms with Crippen molar-refractivity contribution >= 4 is 23.7 Å². The number of ether oxygens (including phenoxy) is 1. The molecular formula is C21H26FN7O4. The van der Waals surface area contributed by atoms with E-state index in [2.05, 4.69) is 15.8 Å².